The molecule has 18 nitrogen and oxygen atoms in total. The van der Waals surface area contributed by atoms with Crippen molar-refractivity contribution in [3.63, 3.8) is 0 Å². The minimum atomic E-state index is -1.34. The van der Waals surface area contributed by atoms with Crippen molar-refractivity contribution in [2.45, 2.75) is 49.9 Å². The molecular weight excluding hydrogens is 605 g/mol. The van der Waals surface area contributed by atoms with Crippen molar-refractivity contribution in [1.82, 2.24) is 21.3 Å². The summed E-state index contributed by atoms with van der Waals surface area (Å²) < 4.78 is 0. The van der Waals surface area contributed by atoms with E-state index in [1.165, 1.54) is 0 Å². The van der Waals surface area contributed by atoms with Crippen molar-refractivity contribution in [3.8, 4) is 0 Å². The zero-order valence-corrected chi connectivity index (χ0v) is 24.7. The van der Waals surface area contributed by atoms with Gasteiger partial charge in [0.1, 0.15) is 37.3 Å². The first-order valence-electron chi connectivity index (χ1n) is 11.4. The van der Waals surface area contributed by atoms with E-state index < -0.39 is 84.8 Å². The Hall–Kier alpha value is -2.85. The van der Waals surface area contributed by atoms with Gasteiger partial charge in [0, 0.05) is 24.3 Å². The Labute approximate surface area is 257 Å². The molecule has 0 rings (SSSR count). The van der Waals surface area contributed by atoms with Gasteiger partial charge >= 0.3 is 46.9 Å². The number of rotatable bonds is 21. The summed E-state index contributed by atoms with van der Waals surface area (Å²) in [7, 11) is 1.89. The van der Waals surface area contributed by atoms with Gasteiger partial charge in [0.05, 0.1) is 0 Å². The van der Waals surface area contributed by atoms with E-state index in [1.54, 1.807) is 0 Å². The Morgan fingerprint density at radius 2 is 0.927 bits per heavy atom. The number of carbonyl (C=O) groups is 8. The summed E-state index contributed by atoms with van der Waals surface area (Å²) in [5.41, 5.74) is 10.7. The zero-order chi connectivity index (χ0) is 30.8. The molecule has 41 heavy (non-hydrogen) atoms. The Kier molecular flexibility index (Phi) is 21.5. The van der Waals surface area contributed by atoms with Crippen molar-refractivity contribution in [2.24, 2.45) is 11.5 Å². The Morgan fingerprint density at radius 1 is 0.610 bits per heavy atom. The molecule has 0 fully saturated rings. The number of amides is 4. The van der Waals surface area contributed by atoms with E-state index in [1.807, 2.05) is 0 Å². The molecular formula is C20H32MgN6O12S2+2. The molecule has 0 aromatic heterocycles. The first-order chi connectivity index (χ1) is 18.6. The third-order valence-corrected chi connectivity index (χ3v) is 7.11. The molecule has 0 aromatic carbocycles. The van der Waals surface area contributed by atoms with Crippen LogP contribution >= 0.6 is 21.6 Å². The van der Waals surface area contributed by atoms with Crippen LogP contribution in [0.3, 0.4) is 0 Å². The monoisotopic (exact) mass is 636 g/mol. The SMILES string of the molecule is N[C@@H](CCC(=O)N[C@@H](CSSC[C@H](NC(=O)CC[C@H](N)C(=O)O)C(=O)NCC(=O)O)C(=O)NCC(=O)O)C(=O)O.[Mg+2]. The van der Waals surface area contributed by atoms with Gasteiger partial charge in [-0.2, -0.15) is 0 Å². The maximum absolute atomic E-state index is 12.4. The number of nitrogens with two attached hydrogens (primary N) is 2. The minimum Gasteiger partial charge on any atom is -0.480 e. The summed E-state index contributed by atoms with van der Waals surface area (Å²) in [5.74, 6) is -8.81. The molecule has 0 spiro atoms. The van der Waals surface area contributed by atoms with Crippen LogP contribution < -0.4 is 32.7 Å². The van der Waals surface area contributed by atoms with Gasteiger partial charge in [0.2, 0.25) is 23.6 Å². The summed E-state index contributed by atoms with van der Waals surface area (Å²) >= 11 is 0. The molecule has 4 amide bonds. The molecule has 0 heterocycles. The average Bonchev–Trinajstić information content (AvgIpc) is 2.87. The summed E-state index contributed by atoms with van der Waals surface area (Å²) in [6, 6.07) is -5.16. The third kappa shape index (κ3) is 19.8. The van der Waals surface area contributed by atoms with E-state index in [0.29, 0.717) is 0 Å². The smallest absolute Gasteiger partial charge is 0.480 e. The topological polar surface area (TPSA) is 318 Å². The Morgan fingerprint density at radius 3 is 1.20 bits per heavy atom. The van der Waals surface area contributed by atoms with Crippen LogP contribution in [0.5, 0.6) is 0 Å². The maximum atomic E-state index is 12.4. The first-order valence-corrected chi connectivity index (χ1v) is 13.9. The molecule has 21 heteroatoms. The van der Waals surface area contributed by atoms with Gasteiger partial charge in [-0.1, -0.05) is 21.6 Å². The van der Waals surface area contributed by atoms with Crippen molar-refractivity contribution >= 4 is 92.1 Å². The van der Waals surface area contributed by atoms with E-state index in [9.17, 15) is 38.4 Å². The summed E-state index contributed by atoms with van der Waals surface area (Å²) in [4.78, 5) is 92.3. The largest absolute Gasteiger partial charge is 2.00 e. The number of hydrogen-bond donors (Lipinski definition) is 10. The van der Waals surface area contributed by atoms with E-state index >= 15 is 0 Å². The fourth-order valence-corrected chi connectivity index (χ4v) is 4.85. The summed E-state index contributed by atoms with van der Waals surface area (Å²) in [5, 5.41) is 44.1. The molecule has 0 bridgehead atoms. The second kappa shape index (κ2) is 21.8. The van der Waals surface area contributed by atoms with Crippen LogP contribution in [-0.4, -0.2) is 140 Å². The van der Waals surface area contributed by atoms with Crippen molar-refractivity contribution in [2.75, 3.05) is 24.6 Å². The van der Waals surface area contributed by atoms with Crippen molar-refractivity contribution in [3.05, 3.63) is 0 Å². The molecule has 12 N–H and O–H groups in total. The fraction of sp³-hybridized carbons (Fsp3) is 0.600. The van der Waals surface area contributed by atoms with Crippen LogP contribution in [0.25, 0.3) is 0 Å². The van der Waals surface area contributed by atoms with Crippen LogP contribution in [-0.2, 0) is 38.4 Å². The van der Waals surface area contributed by atoms with Gasteiger partial charge in [0.25, 0.3) is 0 Å². The van der Waals surface area contributed by atoms with E-state index in [-0.39, 0.29) is 60.2 Å². The van der Waals surface area contributed by atoms with Gasteiger partial charge in [0.15, 0.2) is 0 Å². The number of nitrogens with one attached hydrogen (secondary N) is 4. The number of carboxylic acid groups (broad SMARTS) is 4. The molecule has 4 atom stereocenters. The standard InChI is InChI=1S/C20H32N6O12S2.Mg/c21-9(19(35)36)1-3-13(27)25-11(17(33)23-5-15(29)30)7-39-40-8-12(18(34)24-6-16(31)32)26-14(28)4-2-10(22)20(37)38;/h9-12H,1-8,21-22H2,(H,23,33)(H,24,34)(H,25,27)(H,26,28)(H,29,30)(H,31,32)(H,35,36)(H,37,38);/q;+2/t9-,10-,11-,12-;/m0./s1. The van der Waals surface area contributed by atoms with Crippen LogP contribution in [0, 0.1) is 0 Å². The molecule has 0 saturated heterocycles. The Bertz CT molecular complexity index is 886. The predicted octanol–water partition coefficient (Wildman–Crippen LogP) is -4.26. The first kappa shape index (κ1) is 40.3. The molecule has 0 aliphatic carbocycles. The van der Waals surface area contributed by atoms with Gasteiger partial charge in [-0.05, 0) is 12.8 Å². The summed E-state index contributed by atoms with van der Waals surface area (Å²) in [6.07, 6.45) is -1.12. The number of carboxylic acids is 4. The van der Waals surface area contributed by atoms with Gasteiger partial charge < -0.3 is 53.2 Å². The van der Waals surface area contributed by atoms with Crippen LogP contribution in [0.4, 0.5) is 0 Å². The molecule has 0 aliphatic heterocycles. The van der Waals surface area contributed by atoms with Gasteiger partial charge in [-0.25, -0.2) is 0 Å². The van der Waals surface area contributed by atoms with E-state index in [4.69, 9.17) is 31.9 Å². The van der Waals surface area contributed by atoms with Crippen LogP contribution in [0.15, 0.2) is 0 Å². The molecule has 0 radical (unpaired) electrons. The van der Waals surface area contributed by atoms with Gasteiger partial charge in [-0.15, -0.1) is 0 Å². The van der Waals surface area contributed by atoms with Crippen LogP contribution in [0.1, 0.15) is 25.7 Å². The third-order valence-electron chi connectivity index (χ3n) is 4.68. The summed E-state index contributed by atoms with van der Waals surface area (Å²) in [6.45, 7) is -1.48. The predicted molar refractivity (Wildman–Crippen MR) is 146 cm³/mol. The Balaban J connectivity index is 0. The van der Waals surface area contributed by atoms with E-state index in [2.05, 4.69) is 21.3 Å². The fourth-order valence-electron chi connectivity index (χ4n) is 2.52. The second-order valence-electron chi connectivity index (χ2n) is 8.00. The number of aliphatic carboxylic acids is 4. The average molecular weight is 637 g/mol. The molecule has 0 saturated carbocycles. The quantitative estimate of drug-likeness (QED) is 0.0324. The molecule has 0 unspecified atom stereocenters. The van der Waals surface area contributed by atoms with Crippen LogP contribution in [0.2, 0.25) is 0 Å². The molecule has 226 valence electrons. The molecule has 0 aromatic rings. The van der Waals surface area contributed by atoms with Crippen molar-refractivity contribution < 1.29 is 58.8 Å². The number of carbonyl (C=O) groups excluding carboxylic acids is 4. The molecule has 0 aliphatic rings. The van der Waals surface area contributed by atoms with Gasteiger partial charge in [-0.3, -0.25) is 38.4 Å². The maximum Gasteiger partial charge on any atom is 2.00 e. The number of hydrogen-bond acceptors (Lipinski definition) is 12. The second-order valence-corrected chi connectivity index (χ2v) is 10.6. The van der Waals surface area contributed by atoms with E-state index in [0.717, 1.165) is 21.6 Å². The normalized spacial score (nSPS) is 13.2. The minimum absolute atomic E-state index is 0. The zero-order valence-electron chi connectivity index (χ0n) is 21.7. The van der Waals surface area contributed by atoms with Crippen molar-refractivity contribution in [1.29, 1.82) is 0 Å².